The molecule has 0 aliphatic carbocycles. The third-order valence-electron chi connectivity index (χ3n) is 3.88. The molecule has 114 valence electrons. The van der Waals surface area contributed by atoms with Gasteiger partial charge in [-0.3, -0.25) is 9.59 Å². The molecule has 2 heterocycles. The Morgan fingerprint density at radius 1 is 1.35 bits per heavy atom. The van der Waals surface area contributed by atoms with Crippen LogP contribution >= 0.6 is 0 Å². The van der Waals surface area contributed by atoms with E-state index in [0.717, 1.165) is 0 Å². The Morgan fingerprint density at radius 2 is 2.00 bits per heavy atom. The van der Waals surface area contributed by atoms with Crippen molar-refractivity contribution in [3.63, 3.8) is 0 Å². The lowest BCUT2D eigenvalue weighted by atomic mass is 9.75. The Bertz CT molecular complexity index is 424. The van der Waals surface area contributed by atoms with Crippen LogP contribution < -0.4 is 5.32 Å². The predicted molar refractivity (Wildman–Crippen MR) is 74.1 cm³/mol. The molecule has 0 saturated carbocycles. The van der Waals surface area contributed by atoms with Crippen LogP contribution in [0.25, 0.3) is 0 Å². The molecule has 0 unspecified atom stereocenters. The van der Waals surface area contributed by atoms with E-state index in [1.165, 1.54) is 0 Å². The molecule has 2 fully saturated rings. The van der Waals surface area contributed by atoms with Crippen LogP contribution in [0.3, 0.4) is 0 Å². The van der Waals surface area contributed by atoms with Gasteiger partial charge in [-0.15, -0.1) is 0 Å². The van der Waals surface area contributed by atoms with E-state index in [0.29, 0.717) is 19.4 Å². The predicted octanol–water partition coefficient (Wildman–Crippen LogP) is 1.79. The highest BCUT2D eigenvalue weighted by atomic mass is 16.6. The molecule has 1 N–H and O–H groups in total. The van der Waals surface area contributed by atoms with E-state index in [4.69, 9.17) is 9.47 Å². The first-order chi connectivity index (χ1) is 9.03. The van der Waals surface area contributed by atoms with Crippen molar-refractivity contribution in [1.82, 2.24) is 5.32 Å². The highest BCUT2D eigenvalue weighted by Gasteiger charge is 2.56. The first-order valence-corrected chi connectivity index (χ1v) is 7.21. The normalized spacial score (nSPS) is 33.0. The molecule has 20 heavy (non-hydrogen) atoms. The summed E-state index contributed by atoms with van der Waals surface area (Å²) in [6.45, 7) is 10.3. The van der Waals surface area contributed by atoms with Gasteiger partial charge >= 0.3 is 5.97 Å². The maximum absolute atomic E-state index is 12.5. The number of ether oxygens (including phenoxy) is 2. The van der Waals surface area contributed by atoms with Crippen molar-refractivity contribution in [1.29, 1.82) is 0 Å². The van der Waals surface area contributed by atoms with Gasteiger partial charge in [0.15, 0.2) is 0 Å². The minimum Gasteiger partial charge on any atom is -0.458 e. The number of esters is 1. The molecular formula is C15H25NO4. The van der Waals surface area contributed by atoms with Crippen LogP contribution in [-0.4, -0.2) is 35.2 Å². The molecule has 0 bridgehead atoms. The fourth-order valence-electron chi connectivity index (χ4n) is 3.23. The molecule has 2 atom stereocenters. The molecule has 5 heteroatoms. The highest BCUT2D eigenvalue weighted by molar-refractivity contribution is 5.88. The van der Waals surface area contributed by atoms with Crippen molar-refractivity contribution < 1.29 is 19.1 Å². The zero-order valence-corrected chi connectivity index (χ0v) is 13.0. The van der Waals surface area contributed by atoms with Crippen LogP contribution in [0.1, 0.15) is 53.9 Å². The topological polar surface area (TPSA) is 64.6 Å². The number of hydrogen-bond acceptors (Lipinski definition) is 4. The van der Waals surface area contributed by atoms with Crippen LogP contribution in [0.4, 0.5) is 0 Å². The summed E-state index contributed by atoms with van der Waals surface area (Å²) in [6.07, 6.45) is 1.32. The zero-order valence-electron chi connectivity index (χ0n) is 13.0. The fourth-order valence-corrected chi connectivity index (χ4v) is 3.23. The third-order valence-corrected chi connectivity index (χ3v) is 3.88. The second kappa shape index (κ2) is 4.72. The van der Waals surface area contributed by atoms with Crippen LogP contribution in [0.5, 0.6) is 0 Å². The number of carbonyl (C=O) groups excluding carboxylic acids is 2. The lowest BCUT2D eigenvalue weighted by Gasteiger charge is -2.44. The van der Waals surface area contributed by atoms with Gasteiger partial charge in [0.05, 0.1) is 24.5 Å². The molecule has 0 aromatic carbocycles. The number of rotatable bonds is 1. The second-order valence-corrected chi connectivity index (χ2v) is 7.57. The van der Waals surface area contributed by atoms with Gasteiger partial charge in [0, 0.05) is 18.4 Å². The largest absolute Gasteiger partial charge is 0.458 e. The van der Waals surface area contributed by atoms with E-state index in [1.54, 1.807) is 0 Å². The van der Waals surface area contributed by atoms with E-state index in [1.807, 2.05) is 34.6 Å². The van der Waals surface area contributed by atoms with E-state index >= 15 is 0 Å². The molecule has 0 radical (unpaired) electrons. The van der Waals surface area contributed by atoms with Gasteiger partial charge in [-0.05, 0) is 34.6 Å². The minimum atomic E-state index is -0.700. The summed E-state index contributed by atoms with van der Waals surface area (Å²) >= 11 is 0. The number of amides is 1. The summed E-state index contributed by atoms with van der Waals surface area (Å²) in [6, 6.07) is 0. The van der Waals surface area contributed by atoms with E-state index in [-0.39, 0.29) is 29.4 Å². The Kier molecular flexibility index (Phi) is 3.61. The third kappa shape index (κ3) is 3.14. The molecule has 2 rings (SSSR count). The van der Waals surface area contributed by atoms with Gasteiger partial charge < -0.3 is 14.8 Å². The van der Waals surface area contributed by atoms with E-state index < -0.39 is 11.5 Å². The summed E-state index contributed by atoms with van der Waals surface area (Å²) < 4.78 is 11.3. The summed E-state index contributed by atoms with van der Waals surface area (Å²) in [5.74, 6) is -0.796. The zero-order chi connectivity index (χ0) is 15.2. The highest BCUT2D eigenvalue weighted by Crippen LogP contribution is 2.45. The standard InChI is InChI=1S/C15H25NO4/c1-13(2,3)16-12(18)10-8-11(17)20-15(10)6-7-19-14(4,5)9-15/h10H,6-9H2,1-5H3,(H,16,18)/t10-,15+/m0/s1. The molecule has 0 aromatic heterocycles. The maximum Gasteiger partial charge on any atom is 0.307 e. The molecule has 1 spiro atoms. The Hall–Kier alpha value is -1.10. The Balaban J connectivity index is 2.22. The van der Waals surface area contributed by atoms with Crippen molar-refractivity contribution in [2.24, 2.45) is 5.92 Å². The second-order valence-electron chi connectivity index (χ2n) is 7.57. The molecule has 2 saturated heterocycles. The molecular weight excluding hydrogens is 258 g/mol. The number of carbonyl (C=O) groups is 2. The fraction of sp³-hybridized carbons (Fsp3) is 0.867. The van der Waals surface area contributed by atoms with Gasteiger partial charge in [-0.2, -0.15) is 0 Å². The van der Waals surface area contributed by atoms with Crippen LogP contribution in [0.2, 0.25) is 0 Å². The van der Waals surface area contributed by atoms with E-state index in [9.17, 15) is 9.59 Å². The van der Waals surface area contributed by atoms with Crippen LogP contribution in [-0.2, 0) is 19.1 Å². The lowest BCUT2D eigenvalue weighted by Crippen LogP contribution is -2.55. The van der Waals surface area contributed by atoms with Gasteiger partial charge in [0.25, 0.3) is 0 Å². The van der Waals surface area contributed by atoms with Crippen molar-refractivity contribution in [3.05, 3.63) is 0 Å². The Morgan fingerprint density at radius 3 is 2.55 bits per heavy atom. The van der Waals surface area contributed by atoms with Crippen molar-refractivity contribution >= 4 is 11.9 Å². The summed E-state index contributed by atoms with van der Waals surface area (Å²) in [5, 5.41) is 2.97. The Labute approximate surface area is 120 Å². The average molecular weight is 283 g/mol. The van der Waals surface area contributed by atoms with Gasteiger partial charge in [0.1, 0.15) is 5.60 Å². The monoisotopic (exact) mass is 283 g/mol. The van der Waals surface area contributed by atoms with E-state index in [2.05, 4.69) is 5.32 Å². The number of nitrogens with one attached hydrogen (secondary N) is 1. The molecule has 5 nitrogen and oxygen atoms in total. The van der Waals surface area contributed by atoms with Gasteiger partial charge in [-0.25, -0.2) is 0 Å². The number of hydrogen-bond donors (Lipinski definition) is 1. The minimum absolute atomic E-state index is 0.0962. The maximum atomic E-state index is 12.5. The first-order valence-electron chi connectivity index (χ1n) is 7.21. The SMILES string of the molecule is CC(C)(C)NC(=O)[C@@H]1CC(=O)O[C@@]12CCOC(C)(C)C2. The van der Waals surface area contributed by atoms with Gasteiger partial charge in [0.2, 0.25) is 5.91 Å². The molecule has 0 aromatic rings. The van der Waals surface area contributed by atoms with Crippen molar-refractivity contribution in [2.75, 3.05) is 6.61 Å². The lowest BCUT2D eigenvalue weighted by molar-refractivity contribution is -0.179. The van der Waals surface area contributed by atoms with Gasteiger partial charge in [-0.1, -0.05) is 0 Å². The van der Waals surface area contributed by atoms with Crippen LogP contribution in [0.15, 0.2) is 0 Å². The van der Waals surface area contributed by atoms with Crippen molar-refractivity contribution in [2.45, 2.75) is 70.6 Å². The molecule has 1 amide bonds. The summed E-state index contributed by atoms with van der Waals surface area (Å²) in [7, 11) is 0. The van der Waals surface area contributed by atoms with Crippen LogP contribution in [0, 0.1) is 5.92 Å². The van der Waals surface area contributed by atoms with Crippen molar-refractivity contribution in [3.8, 4) is 0 Å². The average Bonchev–Trinajstić information content (AvgIpc) is 2.50. The molecule has 2 aliphatic rings. The summed E-state index contributed by atoms with van der Waals surface area (Å²) in [4.78, 5) is 24.3. The molecule has 2 aliphatic heterocycles. The quantitative estimate of drug-likeness (QED) is 0.745. The smallest absolute Gasteiger partial charge is 0.307 e. The first kappa shape index (κ1) is 15.3. The summed E-state index contributed by atoms with van der Waals surface area (Å²) in [5.41, 5.74) is -1.39.